The Morgan fingerprint density at radius 3 is 2.44 bits per heavy atom. The van der Waals surface area contributed by atoms with Crippen LogP contribution in [0, 0.1) is 11.7 Å². The van der Waals surface area contributed by atoms with Crippen LogP contribution in [0.3, 0.4) is 0 Å². The van der Waals surface area contributed by atoms with Crippen molar-refractivity contribution in [1.29, 1.82) is 0 Å². The molecule has 2 aromatic heterocycles. The number of nitrogens with one attached hydrogen (secondary N) is 2. The quantitative estimate of drug-likeness (QED) is 0.620. The zero-order valence-electron chi connectivity index (χ0n) is 20.0. The number of hydrogen-bond donors (Lipinski definition) is 2. The highest BCUT2D eigenvalue weighted by Gasteiger charge is 2.46. The summed E-state index contributed by atoms with van der Waals surface area (Å²) in [6.07, 6.45) is 2.77. The number of nitrogens with zero attached hydrogens (tertiary/aromatic N) is 5. The molecule has 6 rings (SSSR count). The maximum absolute atomic E-state index is 15.6. The van der Waals surface area contributed by atoms with E-state index in [2.05, 4.69) is 25.5 Å². The van der Waals surface area contributed by atoms with E-state index in [9.17, 15) is 13.6 Å². The highest BCUT2D eigenvalue weighted by atomic mass is 19.3. The Balaban J connectivity index is 1.16. The molecule has 0 spiro atoms. The summed E-state index contributed by atoms with van der Waals surface area (Å²) in [5, 5.41) is 9.86. The van der Waals surface area contributed by atoms with Gasteiger partial charge < -0.3 is 19.9 Å². The van der Waals surface area contributed by atoms with Gasteiger partial charge in [0.25, 0.3) is 0 Å². The SMILES string of the molecule is O=C(C1CCN(c2nc(C3CC3)nc(Nc3cc(C4CC(F)(F)C4)[nH]n3)c2F)CC1)N1CCOCC1. The number of carbonyl (C=O) groups excluding carboxylic acids is 1. The fraction of sp³-hybridized carbons (Fsp3) is 0.667. The summed E-state index contributed by atoms with van der Waals surface area (Å²) in [5.74, 6) is -2.00. The molecule has 4 aliphatic rings. The van der Waals surface area contributed by atoms with Gasteiger partial charge in [-0.25, -0.2) is 18.7 Å². The number of hydrogen-bond acceptors (Lipinski definition) is 7. The molecule has 0 aromatic carbocycles. The number of aromatic amines is 1. The number of carbonyl (C=O) groups is 1. The molecule has 4 fully saturated rings. The molecule has 0 radical (unpaired) electrons. The molecule has 12 heteroatoms. The maximum atomic E-state index is 15.6. The van der Waals surface area contributed by atoms with E-state index >= 15 is 4.39 Å². The first-order chi connectivity index (χ1) is 17.4. The van der Waals surface area contributed by atoms with E-state index in [1.165, 1.54) is 0 Å². The van der Waals surface area contributed by atoms with Crippen LogP contribution in [0.5, 0.6) is 0 Å². The highest BCUT2D eigenvalue weighted by Crippen LogP contribution is 2.48. The molecule has 1 amide bonds. The predicted molar refractivity (Wildman–Crippen MR) is 125 cm³/mol. The molecule has 2 saturated carbocycles. The van der Waals surface area contributed by atoms with E-state index in [0.29, 0.717) is 69.6 Å². The van der Waals surface area contributed by atoms with Gasteiger partial charge in [0.15, 0.2) is 17.5 Å². The van der Waals surface area contributed by atoms with E-state index in [-0.39, 0.29) is 48.1 Å². The predicted octanol–water partition coefficient (Wildman–Crippen LogP) is 3.55. The second-order valence-electron chi connectivity index (χ2n) is 10.3. The van der Waals surface area contributed by atoms with Crippen LogP contribution >= 0.6 is 0 Å². The highest BCUT2D eigenvalue weighted by molar-refractivity contribution is 5.79. The molecule has 2 aliphatic carbocycles. The van der Waals surface area contributed by atoms with Crippen molar-refractivity contribution in [3.8, 4) is 0 Å². The Labute approximate surface area is 206 Å². The third kappa shape index (κ3) is 4.74. The van der Waals surface area contributed by atoms with Gasteiger partial charge in [-0.15, -0.1) is 0 Å². The minimum atomic E-state index is -2.63. The van der Waals surface area contributed by atoms with Crippen molar-refractivity contribution >= 4 is 23.4 Å². The smallest absolute Gasteiger partial charge is 0.249 e. The average molecular weight is 506 g/mol. The van der Waals surface area contributed by atoms with Gasteiger partial charge in [0.1, 0.15) is 5.82 Å². The number of amides is 1. The second-order valence-corrected chi connectivity index (χ2v) is 10.3. The molecule has 4 heterocycles. The first-order valence-corrected chi connectivity index (χ1v) is 12.8. The van der Waals surface area contributed by atoms with Gasteiger partial charge in [-0.3, -0.25) is 9.89 Å². The summed E-state index contributed by atoms with van der Waals surface area (Å²) >= 11 is 0. The van der Waals surface area contributed by atoms with E-state index in [4.69, 9.17) is 4.74 Å². The van der Waals surface area contributed by atoms with Crippen LogP contribution in [0.15, 0.2) is 6.07 Å². The van der Waals surface area contributed by atoms with Gasteiger partial charge in [0.2, 0.25) is 17.6 Å². The second kappa shape index (κ2) is 9.20. The molecule has 0 unspecified atom stereocenters. The lowest BCUT2D eigenvalue weighted by molar-refractivity contribution is -0.140. The van der Waals surface area contributed by atoms with Gasteiger partial charge in [0.05, 0.1) is 13.2 Å². The lowest BCUT2D eigenvalue weighted by Crippen LogP contribution is -2.47. The molecule has 0 atom stereocenters. The number of aromatic nitrogens is 4. The Bertz CT molecular complexity index is 1120. The summed E-state index contributed by atoms with van der Waals surface area (Å²) in [6, 6.07) is 1.64. The molecule has 2 N–H and O–H groups in total. The fourth-order valence-electron chi connectivity index (χ4n) is 5.26. The van der Waals surface area contributed by atoms with Crippen molar-refractivity contribution in [2.24, 2.45) is 5.92 Å². The van der Waals surface area contributed by atoms with Crippen LogP contribution in [0.4, 0.5) is 30.6 Å². The van der Waals surface area contributed by atoms with Crippen molar-refractivity contribution < 1.29 is 22.7 Å². The molecular weight excluding hydrogens is 475 g/mol. The number of halogens is 3. The Kier molecular flexibility index (Phi) is 6.01. The summed E-state index contributed by atoms with van der Waals surface area (Å²) in [6.45, 7) is 3.44. The molecule has 194 valence electrons. The summed E-state index contributed by atoms with van der Waals surface area (Å²) in [7, 11) is 0. The molecule has 0 bridgehead atoms. The zero-order valence-corrected chi connectivity index (χ0v) is 20.0. The summed E-state index contributed by atoms with van der Waals surface area (Å²) < 4.78 is 47.5. The van der Waals surface area contributed by atoms with Crippen LogP contribution in [0.2, 0.25) is 0 Å². The number of piperidine rings is 1. The number of H-pyrrole nitrogens is 1. The first kappa shape index (κ1) is 23.5. The van der Waals surface area contributed by atoms with E-state index in [1.54, 1.807) is 6.07 Å². The Hall–Kier alpha value is -2.89. The summed E-state index contributed by atoms with van der Waals surface area (Å²) in [4.78, 5) is 25.6. The molecule has 2 aromatic rings. The maximum Gasteiger partial charge on any atom is 0.249 e. The van der Waals surface area contributed by atoms with Gasteiger partial charge >= 0.3 is 0 Å². The first-order valence-electron chi connectivity index (χ1n) is 12.8. The van der Waals surface area contributed by atoms with E-state index in [0.717, 1.165) is 12.8 Å². The minimum absolute atomic E-state index is 0.0328. The monoisotopic (exact) mass is 505 g/mol. The van der Waals surface area contributed by atoms with Gasteiger partial charge in [-0.2, -0.15) is 9.49 Å². The van der Waals surface area contributed by atoms with E-state index in [1.807, 2.05) is 9.80 Å². The number of anilines is 3. The van der Waals surface area contributed by atoms with Gasteiger partial charge in [-0.05, 0) is 25.7 Å². The van der Waals surface area contributed by atoms with Crippen LogP contribution in [-0.2, 0) is 9.53 Å². The molecule has 9 nitrogen and oxygen atoms in total. The molecule has 36 heavy (non-hydrogen) atoms. The van der Waals surface area contributed by atoms with Crippen LogP contribution in [-0.4, -0.2) is 76.3 Å². The molecule has 2 saturated heterocycles. The number of alkyl halides is 2. The van der Waals surface area contributed by atoms with Gasteiger partial charge in [0, 0.05) is 68.5 Å². The van der Waals surface area contributed by atoms with Crippen LogP contribution in [0.1, 0.15) is 61.9 Å². The van der Waals surface area contributed by atoms with E-state index < -0.39 is 11.7 Å². The number of rotatable bonds is 6. The minimum Gasteiger partial charge on any atom is -0.378 e. The molecular formula is C24H30F3N7O2. The fourth-order valence-corrected chi connectivity index (χ4v) is 5.26. The standard InChI is InChI=1S/C24H30F3N7O2/c25-19-21(28-18-11-17(31-32-18)16-12-24(26,27)13-16)29-20(14-1-2-14)30-22(19)33-5-3-15(4-6-33)23(35)34-7-9-36-10-8-34/h11,14-16H,1-10,12-13H2,(H2,28,29,30,31,32). The third-order valence-corrected chi connectivity index (χ3v) is 7.63. The lowest BCUT2D eigenvalue weighted by Gasteiger charge is -2.36. The normalized spacial score (nSPS) is 23.0. The number of ether oxygens (including phenoxy) is 1. The van der Waals surface area contributed by atoms with Crippen molar-refractivity contribution in [2.75, 3.05) is 49.6 Å². The van der Waals surface area contributed by atoms with Crippen molar-refractivity contribution in [3.63, 3.8) is 0 Å². The lowest BCUT2D eigenvalue weighted by atomic mass is 9.79. The van der Waals surface area contributed by atoms with Gasteiger partial charge in [-0.1, -0.05) is 0 Å². The van der Waals surface area contributed by atoms with Crippen LogP contribution in [0.25, 0.3) is 0 Å². The third-order valence-electron chi connectivity index (χ3n) is 7.63. The van der Waals surface area contributed by atoms with Crippen molar-refractivity contribution in [3.05, 3.63) is 23.4 Å². The molecule has 2 aliphatic heterocycles. The van der Waals surface area contributed by atoms with Crippen molar-refractivity contribution in [1.82, 2.24) is 25.1 Å². The largest absolute Gasteiger partial charge is 0.378 e. The van der Waals surface area contributed by atoms with Crippen LogP contribution < -0.4 is 10.2 Å². The number of morpholine rings is 1. The topological polar surface area (TPSA) is 99.3 Å². The average Bonchev–Trinajstić information content (AvgIpc) is 3.62. The van der Waals surface area contributed by atoms with Crippen molar-refractivity contribution in [2.45, 2.75) is 56.3 Å². The zero-order chi connectivity index (χ0) is 24.9. The summed E-state index contributed by atoms with van der Waals surface area (Å²) in [5.41, 5.74) is 0.604. The Morgan fingerprint density at radius 1 is 1.06 bits per heavy atom. The Morgan fingerprint density at radius 2 is 1.78 bits per heavy atom.